The van der Waals surface area contributed by atoms with Gasteiger partial charge in [0.2, 0.25) is 12.3 Å². The van der Waals surface area contributed by atoms with Crippen molar-refractivity contribution in [2.45, 2.75) is 117 Å². The third-order valence-electron chi connectivity index (χ3n) is 16.1. The topological polar surface area (TPSA) is 184 Å². The summed E-state index contributed by atoms with van der Waals surface area (Å²) in [5.41, 5.74) is 6.98. The molecule has 4 aromatic heterocycles. The third-order valence-corrected chi connectivity index (χ3v) is 17.1. The Morgan fingerprint density at radius 2 is 1.75 bits per heavy atom. The second-order valence-electron chi connectivity index (χ2n) is 21.6. The highest BCUT2D eigenvalue weighted by molar-refractivity contribution is 7.13. The molecule has 0 aliphatic carbocycles. The minimum absolute atomic E-state index is 0.0580. The number of hydrogen-bond acceptors (Lipinski definition) is 15. The predicted octanol–water partition coefficient (Wildman–Crippen LogP) is 10.0. The van der Waals surface area contributed by atoms with Crippen molar-refractivity contribution in [3.63, 3.8) is 0 Å². The number of thiazole rings is 1. The number of carbonyl (C=O) groups is 2. The lowest BCUT2D eigenvalue weighted by Gasteiger charge is -2.34. The number of ether oxygens (including phenoxy) is 2. The fraction of sp³-hybridized carbons (Fsp3) is 0.475. The molecule has 16 nitrogen and oxygen atoms in total. The van der Waals surface area contributed by atoms with Gasteiger partial charge in [-0.15, -0.1) is 11.3 Å². The number of aryl methyl sites for hydroxylation is 2. The number of nitrogens with one attached hydrogen (secondary N) is 2. The van der Waals surface area contributed by atoms with Gasteiger partial charge in [-0.05, 0) is 128 Å². The lowest BCUT2D eigenvalue weighted by atomic mass is 9.95. The Hall–Kier alpha value is -6.76. The van der Waals surface area contributed by atoms with Crippen LogP contribution in [-0.4, -0.2) is 123 Å². The molecule has 4 saturated heterocycles. The number of nitrogens with zero attached hydrogens (tertiary/aromatic N) is 8. The van der Waals surface area contributed by atoms with Crippen LogP contribution >= 0.6 is 11.3 Å². The monoisotopic (exact) mass is 1070 g/mol. The number of aromatic nitrogens is 5. The van der Waals surface area contributed by atoms with E-state index in [4.69, 9.17) is 19.0 Å². The van der Waals surface area contributed by atoms with Crippen LogP contribution in [0.5, 0.6) is 17.6 Å². The number of pyridine rings is 1. The molecule has 0 spiro atoms. The Labute approximate surface area is 453 Å². The Bertz CT molecular complexity index is 3170. The van der Waals surface area contributed by atoms with Gasteiger partial charge in [0.15, 0.2) is 5.82 Å². The SMILES string of the molecule is CCc1cccc2cc(O)cc(-c3ncc4c(N5CC6CCC(C5)N6)nc(OCCN5CCC(COc6cc(C(C)C(C)C)on6)CC5)nc4c3F)c12.Cc1ncsc1-c1ccc(C(C)NC(=O)C2CCCN2C=O)cc1. The molecule has 2 amide bonds. The number of anilines is 1. The molecule has 0 saturated carbocycles. The van der Waals surface area contributed by atoms with Crippen molar-refractivity contribution in [2.75, 3.05) is 57.4 Å². The molecule has 4 fully saturated rings. The number of hydrogen-bond donors (Lipinski definition) is 3. The van der Waals surface area contributed by atoms with Crippen LogP contribution in [0.1, 0.15) is 108 Å². The van der Waals surface area contributed by atoms with Gasteiger partial charge < -0.3 is 39.5 Å². The van der Waals surface area contributed by atoms with Crippen molar-refractivity contribution in [3.8, 4) is 39.3 Å². The molecule has 77 heavy (non-hydrogen) atoms. The molecular weight excluding hydrogens is 996 g/mol. The van der Waals surface area contributed by atoms with E-state index in [2.05, 4.69) is 80.4 Å². The van der Waals surface area contributed by atoms with Crippen molar-refractivity contribution < 1.29 is 33.1 Å². The molecule has 5 atom stereocenters. The molecule has 8 heterocycles. The van der Waals surface area contributed by atoms with Crippen LogP contribution < -0.4 is 25.0 Å². The number of amides is 2. The molecule has 3 N–H and O–H groups in total. The maximum atomic E-state index is 16.9. The summed E-state index contributed by atoms with van der Waals surface area (Å²) in [6.07, 6.45) is 9.07. The molecule has 7 aromatic rings. The maximum Gasteiger partial charge on any atom is 0.319 e. The Morgan fingerprint density at radius 3 is 2.47 bits per heavy atom. The van der Waals surface area contributed by atoms with E-state index in [1.807, 2.05) is 55.8 Å². The molecule has 11 rings (SSSR count). The summed E-state index contributed by atoms with van der Waals surface area (Å²) in [5.74, 6) is 2.72. The van der Waals surface area contributed by atoms with Crippen molar-refractivity contribution in [3.05, 3.63) is 101 Å². The minimum Gasteiger partial charge on any atom is -0.508 e. The van der Waals surface area contributed by atoms with E-state index in [9.17, 15) is 14.7 Å². The Morgan fingerprint density at radius 1 is 0.974 bits per heavy atom. The second-order valence-corrected chi connectivity index (χ2v) is 22.4. The predicted molar refractivity (Wildman–Crippen MR) is 298 cm³/mol. The average molecular weight is 1070 g/mol. The minimum atomic E-state index is -0.549. The Balaban J connectivity index is 0.000000234. The first-order valence-electron chi connectivity index (χ1n) is 27.4. The first kappa shape index (κ1) is 53.6. The van der Waals surface area contributed by atoms with Gasteiger partial charge in [0.25, 0.3) is 5.88 Å². The highest BCUT2D eigenvalue weighted by Crippen LogP contribution is 2.39. The quantitative estimate of drug-likeness (QED) is 0.0732. The van der Waals surface area contributed by atoms with Crippen molar-refractivity contribution in [1.82, 2.24) is 45.5 Å². The molecule has 3 aromatic carbocycles. The highest BCUT2D eigenvalue weighted by Gasteiger charge is 2.35. The number of phenols is 1. The highest BCUT2D eigenvalue weighted by atomic mass is 32.1. The lowest BCUT2D eigenvalue weighted by molar-refractivity contribution is -0.131. The van der Waals surface area contributed by atoms with Crippen LogP contribution in [0.15, 0.2) is 76.9 Å². The number of rotatable bonds is 17. The zero-order valence-corrected chi connectivity index (χ0v) is 45.8. The standard InChI is InChI=1S/C41H50FN7O4.C18H21N3O2S/c1-5-27-7-6-8-28-17-31(50)18-32(36(27)28)38-37(42)39-33(20-43-38)40(49-21-29-9-10-30(22-49)44-29)46-41(45-39)51-16-15-48-13-11-26(12-14-48)23-52-35-19-34(53-47-35)25(4)24(2)3;1-12(20-18(23)16-4-3-9-21(16)11-22)14-5-7-15(8-6-14)17-13(2)19-10-24-17/h6-8,17-20,24-26,29-30,44,50H,5,9-16,21-23H2,1-4H3;5-8,10-12,16H,3-4,9H2,1-2H3,(H,20,23). The maximum absolute atomic E-state index is 16.9. The first-order valence-corrected chi connectivity index (χ1v) is 28.3. The van der Waals surface area contributed by atoms with Gasteiger partial charge in [0.05, 0.1) is 34.1 Å². The van der Waals surface area contributed by atoms with Gasteiger partial charge >= 0.3 is 6.01 Å². The zero-order chi connectivity index (χ0) is 53.7. The molecule has 4 aliphatic rings. The lowest BCUT2D eigenvalue weighted by Crippen LogP contribution is -2.51. The largest absolute Gasteiger partial charge is 0.508 e. The van der Waals surface area contributed by atoms with Gasteiger partial charge in [-0.3, -0.25) is 19.5 Å². The van der Waals surface area contributed by atoms with Crippen LogP contribution in [0.3, 0.4) is 0 Å². The number of piperazine rings is 1. The average Bonchev–Trinajstić information content (AvgIpc) is 4.29. The summed E-state index contributed by atoms with van der Waals surface area (Å²) in [6, 6.07) is 19.8. The summed E-state index contributed by atoms with van der Waals surface area (Å²) in [7, 11) is 0. The zero-order valence-electron chi connectivity index (χ0n) is 45.0. The van der Waals surface area contributed by atoms with Gasteiger partial charge in [-0.2, -0.15) is 9.97 Å². The Kier molecular flexibility index (Phi) is 16.6. The summed E-state index contributed by atoms with van der Waals surface area (Å²) in [4.78, 5) is 49.3. The molecule has 4 aliphatic heterocycles. The van der Waals surface area contributed by atoms with Crippen LogP contribution in [0.2, 0.25) is 0 Å². The summed E-state index contributed by atoms with van der Waals surface area (Å²) in [6.45, 7) is 18.3. The van der Waals surface area contributed by atoms with Crippen molar-refractivity contribution in [1.29, 1.82) is 0 Å². The van der Waals surface area contributed by atoms with Crippen molar-refractivity contribution in [2.24, 2.45) is 11.8 Å². The van der Waals surface area contributed by atoms with E-state index in [1.54, 1.807) is 34.6 Å². The molecule has 406 valence electrons. The smallest absolute Gasteiger partial charge is 0.319 e. The van der Waals surface area contributed by atoms with Crippen LogP contribution in [0.4, 0.5) is 10.2 Å². The fourth-order valence-corrected chi connectivity index (χ4v) is 12.1. The normalized spacial score (nSPS) is 19.6. The molecule has 2 bridgehead atoms. The second kappa shape index (κ2) is 23.9. The summed E-state index contributed by atoms with van der Waals surface area (Å²) < 4.78 is 34.6. The van der Waals surface area contributed by atoms with E-state index in [0.717, 1.165) is 116 Å². The summed E-state index contributed by atoms with van der Waals surface area (Å²) in [5, 5.41) is 23.7. The number of fused-ring (bicyclic) bond motifs is 4. The van der Waals surface area contributed by atoms with E-state index >= 15 is 4.39 Å². The van der Waals surface area contributed by atoms with E-state index < -0.39 is 5.82 Å². The van der Waals surface area contributed by atoms with Gasteiger partial charge in [-0.25, -0.2) is 9.37 Å². The molecular formula is C59H71FN10O6S. The number of phenolic OH excluding ortho intramolecular Hbond substituents is 1. The number of piperidine rings is 1. The fourth-order valence-electron chi connectivity index (χ4n) is 11.3. The number of halogens is 1. The number of likely N-dealkylation sites (tertiary alicyclic amines) is 2. The van der Waals surface area contributed by atoms with E-state index in [1.165, 1.54) is 4.88 Å². The van der Waals surface area contributed by atoms with Gasteiger partial charge in [0, 0.05) is 62.0 Å². The van der Waals surface area contributed by atoms with Gasteiger partial charge in [0.1, 0.15) is 41.2 Å². The van der Waals surface area contributed by atoms with Crippen LogP contribution in [0.25, 0.3) is 43.4 Å². The van der Waals surface area contributed by atoms with Crippen molar-refractivity contribution >= 4 is 51.1 Å². The third kappa shape index (κ3) is 12.0. The number of aromatic hydroxyl groups is 1. The van der Waals surface area contributed by atoms with E-state index in [-0.39, 0.29) is 41.0 Å². The van der Waals surface area contributed by atoms with Crippen LogP contribution in [-0.2, 0) is 16.0 Å². The first-order chi connectivity index (χ1) is 37.3. The number of carbonyl (C=O) groups excluding carboxylic acids is 2. The summed E-state index contributed by atoms with van der Waals surface area (Å²) >= 11 is 1.63. The van der Waals surface area contributed by atoms with Crippen LogP contribution in [0, 0.1) is 24.6 Å². The molecule has 5 unspecified atom stereocenters. The van der Waals surface area contributed by atoms with E-state index in [0.29, 0.717) is 78.8 Å². The molecule has 0 radical (unpaired) electrons. The van der Waals surface area contributed by atoms with Gasteiger partial charge in [-0.1, -0.05) is 70.2 Å². The molecule has 18 heteroatoms. The number of benzene rings is 3.